The Labute approximate surface area is 210 Å². The maximum absolute atomic E-state index is 13.2. The summed E-state index contributed by atoms with van der Waals surface area (Å²) in [5, 5.41) is 4.70. The van der Waals surface area contributed by atoms with E-state index in [2.05, 4.69) is 56.7 Å². The van der Waals surface area contributed by atoms with Crippen molar-refractivity contribution in [3.8, 4) is 0 Å². The van der Waals surface area contributed by atoms with Gasteiger partial charge in [-0.05, 0) is 76.1 Å². The number of fused-ring (bicyclic) bond motifs is 1. The summed E-state index contributed by atoms with van der Waals surface area (Å²) < 4.78 is 2.16. The van der Waals surface area contributed by atoms with Crippen LogP contribution < -0.4 is 10.2 Å². The van der Waals surface area contributed by atoms with Gasteiger partial charge in [0.05, 0.1) is 28.9 Å². The zero-order valence-corrected chi connectivity index (χ0v) is 21.4. The molecule has 2 fully saturated rings. The minimum atomic E-state index is -0.416. The minimum absolute atomic E-state index is 0.0121. The fourth-order valence-corrected chi connectivity index (χ4v) is 5.96. The Morgan fingerprint density at radius 1 is 1.21 bits per heavy atom. The second kappa shape index (κ2) is 9.06. The van der Waals surface area contributed by atoms with E-state index in [1.165, 1.54) is 0 Å². The third-order valence-corrected chi connectivity index (χ3v) is 8.04. The number of piperazine rings is 1. The van der Waals surface area contributed by atoms with Crippen LogP contribution in [0.25, 0.3) is 11.0 Å². The number of hydrogen-bond donors (Lipinski definition) is 1. The Kier molecular flexibility index (Phi) is 6.25. The van der Waals surface area contributed by atoms with Crippen molar-refractivity contribution in [2.45, 2.75) is 51.2 Å². The predicted octanol–water partition coefficient (Wildman–Crippen LogP) is 5.13. The van der Waals surface area contributed by atoms with E-state index in [0.29, 0.717) is 10.0 Å². The molecule has 180 valence electrons. The van der Waals surface area contributed by atoms with E-state index in [1.54, 1.807) is 6.07 Å². The monoisotopic (exact) mass is 499 g/mol. The van der Waals surface area contributed by atoms with Crippen LogP contribution in [0, 0.1) is 0 Å². The standard InChI is InChI=1S/C26H31Cl2N5O/c1-17-15-31(11-12-32(17)25(34)26(3)9-4-10-30-26)20-6-8-23-24(14-20)33(16-29-23)18(2)21-7-5-19(27)13-22(21)28/h5-8,13-14,16-18,30H,4,9-12,15H2,1-3H3/t17-,18?,26-/m1/s1. The molecule has 1 N–H and O–H groups in total. The molecule has 1 unspecified atom stereocenters. The Hall–Kier alpha value is -2.28. The number of amides is 1. The lowest BCUT2D eigenvalue weighted by Crippen LogP contribution is -2.61. The predicted molar refractivity (Wildman–Crippen MR) is 139 cm³/mol. The summed E-state index contributed by atoms with van der Waals surface area (Å²) in [6.45, 7) is 9.58. The molecule has 2 aliphatic heterocycles. The van der Waals surface area contributed by atoms with Gasteiger partial charge in [0.2, 0.25) is 5.91 Å². The number of imidazole rings is 1. The van der Waals surface area contributed by atoms with Crippen molar-refractivity contribution in [3.05, 3.63) is 58.3 Å². The molecule has 34 heavy (non-hydrogen) atoms. The first-order valence-corrected chi connectivity index (χ1v) is 12.7. The maximum Gasteiger partial charge on any atom is 0.242 e. The van der Waals surface area contributed by atoms with Gasteiger partial charge in [-0.3, -0.25) is 4.79 Å². The summed E-state index contributed by atoms with van der Waals surface area (Å²) in [6, 6.07) is 12.2. The lowest BCUT2D eigenvalue weighted by atomic mass is 9.96. The highest BCUT2D eigenvalue weighted by Crippen LogP contribution is 2.32. The van der Waals surface area contributed by atoms with Crippen LogP contribution in [0.1, 0.15) is 45.2 Å². The number of nitrogens with zero attached hydrogens (tertiary/aromatic N) is 4. The smallest absolute Gasteiger partial charge is 0.242 e. The molecule has 0 aliphatic carbocycles. The fourth-order valence-electron chi connectivity index (χ4n) is 5.40. The molecule has 0 radical (unpaired) electrons. The summed E-state index contributed by atoms with van der Waals surface area (Å²) in [5.74, 6) is 0.236. The number of carbonyl (C=O) groups is 1. The van der Waals surface area contributed by atoms with Gasteiger partial charge >= 0.3 is 0 Å². The van der Waals surface area contributed by atoms with Crippen LogP contribution in [0.5, 0.6) is 0 Å². The molecule has 5 rings (SSSR count). The van der Waals surface area contributed by atoms with Crippen molar-refractivity contribution in [3.63, 3.8) is 0 Å². The summed E-state index contributed by atoms with van der Waals surface area (Å²) in [5.41, 5.74) is 3.74. The number of benzene rings is 2. The van der Waals surface area contributed by atoms with Crippen LogP contribution >= 0.6 is 23.2 Å². The van der Waals surface area contributed by atoms with Gasteiger partial charge in [-0.25, -0.2) is 4.98 Å². The zero-order chi connectivity index (χ0) is 24.0. The Morgan fingerprint density at radius 3 is 2.74 bits per heavy atom. The molecule has 3 atom stereocenters. The van der Waals surface area contributed by atoms with Crippen molar-refractivity contribution in [2.24, 2.45) is 0 Å². The second-order valence-electron chi connectivity index (χ2n) is 9.82. The first kappa shape index (κ1) is 23.5. The molecule has 1 amide bonds. The Bertz CT molecular complexity index is 1220. The van der Waals surface area contributed by atoms with Crippen molar-refractivity contribution in [2.75, 3.05) is 31.1 Å². The van der Waals surface area contributed by atoms with Gasteiger partial charge in [0.15, 0.2) is 0 Å². The Balaban J connectivity index is 1.37. The van der Waals surface area contributed by atoms with Gasteiger partial charge in [-0.1, -0.05) is 29.3 Å². The molecular weight excluding hydrogens is 469 g/mol. The third-order valence-electron chi connectivity index (χ3n) is 7.48. The zero-order valence-electron chi connectivity index (χ0n) is 19.9. The average Bonchev–Trinajstić information content (AvgIpc) is 3.45. The van der Waals surface area contributed by atoms with E-state index in [-0.39, 0.29) is 18.0 Å². The van der Waals surface area contributed by atoms with Crippen LogP contribution in [-0.4, -0.2) is 58.1 Å². The summed E-state index contributed by atoms with van der Waals surface area (Å²) in [4.78, 5) is 22.3. The van der Waals surface area contributed by atoms with Gasteiger partial charge in [0, 0.05) is 41.4 Å². The van der Waals surface area contributed by atoms with E-state index in [4.69, 9.17) is 23.2 Å². The van der Waals surface area contributed by atoms with Gasteiger partial charge in [0.1, 0.15) is 0 Å². The van der Waals surface area contributed by atoms with E-state index in [9.17, 15) is 4.79 Å². The molecule has 2 aromatic carbocycles. The lowest BCUT2D eigenvalue weighted by Gasteiger charge is -2.43. The van der Waals surface area contributed by atoms with Crippen LogP contribution in [0.4, 0.5) is 5.69 Å². The van der Waals surface area contributed by atoms with E-state index in [0.717, 1.165) is 61.3 Å². The molecule has 0 saturated carbocycles. The lowest BCUT2D eigenvalue weighted by molar-refractivity contribution is -0.139. The molecule has 6 nitrogen and oxygen atoms in total. The average molecular weight is 500 g/mol. The SMILES string of the molecule is CC(c1ccc(Cl)cc1Cl)n1cnc2ccc(N3CCN(C(=O)[C@@]4(C)CCCN4)[C@H](C)C3)cc21. The topological polar surface area (TPSA) is 53.4 Å². The highest BCUT2D eigenvalue weighted by molar-refractivity contribution is 6.35. The Morgan fingerprint density at radius 2 is 2.03 bits per heavy atom. The molecule has 3 aromatic rings. The number of hydrogen-bond acceptors (Lipinski definition) is 4. The van der Waals surface area contributed by atoms with E-state index in [1.807, 2.05) is 25.4 Å². The van der Waals surface area contributed by atoms with Crippen LogP contribution in [-0.2, 0) is 4.79 Å². The minimum Gasteiger partial charge on any atom is -0.368 e. The molecule has 1 aromatic heterocycles. The molecule has 8 heteroatoms. The first-order valence-electron chi connectivity index (χ1n) is 12.0. The van der Waals surface area contributed by atoms with Crippen LogP contribution in [0.3, 0.4) is 0 Å². The quantitative estimate of drug-likeness (QED) is 0.540. The van der Waals surface area contributed by atoms with Crippen molar-refractivity contribution in [1.82, 2.24) is 19.8 Å². The maximum atomic E-state index is 13.2. The van der Waals surface area contributed by atoms with E-state index >= 15 is 0 Å². The van der Waals surface area contributed by atoms with Gasteiger partial charge < -0.3 is 19.7 Å². The molecule has 3 heterocycles. The second-order valence-corrected chi connectivity index (χ2v) is 10.7. The number of anilines is 1. The highest BCUT2D eigenvalue weighted by atomic mass is 35.5. The fraction of sp³-hybridized carbons (Fsp3) is 0.462. The summed E-state index contributed by atoms with van der Waals surface area (Å²) in [7, 11) is 0. The molecule has 2 saturated heterocycles. The number of halogens is 2. The number of nitrogens with one attached hydrogen (secondary N) is 1. The largest absolute Gasteiger partial charge is 0.368 e. The summed E-state index contributed by atoms with van der Waals surface area (Å²) >= 11 is 12.6. The molecule has 2 aliphatic rings. The van der Waals surface area contributed by atoms with Crippen molar-refractivity contribution < 1.29 is 4.79 Å². The number of rotatable bonds is 4. The van der Waals surface area contributed by atoms with Gasteiger partial charge in [-0.2, -0.15) is 0 Å². The normalized spacial score (nSPS) is 24.1. The number of carbonyl (C=O) groups excluding carboxylic acids is 1. The summed E-state index contributed by atoms with van der Waals surface area (Å²) in [6.07, 6.45) is 3.84. The number of aromatic nitrogens is 2. The van der Waals surface area contributed by atoms with Gasteiger partial charge in [0.25, 0.3) is 0 Å². The third kappa shape index (κ3) is 4.16. The van der Waals surface area contributed by atoms with Crippen molar-refractivity contribution in [1.29, 1.82) is 0 Å². The van der Waals surface area contributed by atoms with Crippen molar-refractivity contribution >= 4 is 45.8 Å². The van der Waals surface area contributed by atoms with Crippen LogP contribution in [0.2, 0.25) is 10.0 Å². The van der Waals surface area contributed by atoms with E-state index < -0.39 is 5.54 Å². The molecular formula is C26H31Cl2N5O. The van der Waals surface area contributed by atoms with Gasteiger partial charge in [-0.15, -0.1) is 0 Å². The molecule has 0 bridgehead atoms. The highest BCUT2D eigenvalue weighted by Gasteiger charge is 2.41. The van der Waals surface area contributed by atoms with Crippen LogP contribution in [0.15, 0.2) is 42.7 Å². The molecule has 0 spiro atoms. The first-order chi connectivity index (χ1) is 16.3.